The summed E-state index contributed by atoms with van der Waals surface area (Å²) in [5.41, 5.74) is 6.13. The number of primary amides is 1. The highest BCUT2D eigenvalue weighted by Gasteiger charge is 2.19. The van der Waals surface area contributed by atoms with E-state index in [4.69, 9.17) is 15.0 Å². The second-order valence-corrected chi connectivity index (χ2v) is 10.3. The predicted octanol–water partition coefficient (Wildman–Crippen LogP) is 1.40. The number of aromatic nitrogens is 1. The number of carboxylic acid groups (broad SMARTS) is 2. The van der Waals surface area contributed by atoms with Gasteiger partial charge in [0.2, 0.25) is 5.91 Å². The number of thiazole rings is 1. The molecule has 0 atom stereocenters. The number of carbonyl (C=O) groups is 4. The van der Waals surface area contributed by atoms with Gasteiger partial charge in [-0.2, -0.15) is 4.99 Å². The summed E-state index contributed by atoms with van der Waals surface area (Å²) in [6.07, 6.45) is 0.498. The van der Waals surface area contributed by atoms with Crippen LogP contribution in [0.1, 0.15) is 27.9 Å². The summed E-state index contributed by atoms with van der Waals surface area (Å²) in [7, 11) is -3.21. The van der Waals surface area contributed by atoms with Crippen LogP contribution in [0.4, 0.5) is 20.4 Å². The first-order valence-corrected chi connectivity index (χ1v) is 13.0. The lowest BCUT2D eigenvalue weighted by Crippen LogP contribution is -2.28. The van der Waals surface area contributed by atoms with Gasteiger partial charge in [-0.1, -0.05) is 23.5 Å². The van der Waals surface area contributed by atoms with Crippen molar-refractivity contribution in [2.45, 2.75) is 19.8 Å². The van der Waals surface area contributed by atoms with E-state index in [9.17, 15) is 22.8 Å². The van der Waals surface area contributed by atoms with Crippen LogP contribution in [-0.2, 0) is 27.5 Å². The van der Waals surface area contributed by atoms with E-state index in [2.05, 4.69) is 31.7 Å². The predicted molar refractivity (Wildman–Crippen MR) is 135 cm³/mol. The van der Waals surface area contributed by atoms with Gasteiger partial charge in [0.05, 0.1) is 17.8 Å². The first-order valence-electron chi connectivity index (χ1n) is 10.1. The number of anilines is 2. The number of carbonyl (C=O) groups excluding carboxylic acids is 2. The van der Waals surface area contributed by atoms with E-state index in [0.717, 1.165) is 29.5 Å². The molecular weight excluding hydrogens is 516 g/mol. The summed E-state index contributed by atoms with van der Waals surface area (Å²) in [4.78, 5) is 50.9. The molecule has 0 spiro atoms. The lowest BCUT2D eigenvalue weighted by atomic mass is 10.1. The highest BCUT2D eigenvalue weighted by atomic mass is 32.2. The number of nitrogens with two attached hydrogens (primary N) is 1. The van der Waals surface area contributed by atoms with Crippen LogP contribution in [0.3, 0.4) is 0 Å². The molecule has 0 saturated heterocycles. The monoisotopic (exact) mass is 542 g/mol. The number of amides is 4. The minimum absolute atomic E-state index is 0.0237. The van der Waals surface area contributed by atoms with Crippen LogP contribution in [0, 0.1) is 0 Å². The minimum Gasteiger partial charge on any atom is -0.465 e. The molecule has 0 aliphatic carbocycles. The van der Waals surface area contributed by atoms with Crippen molar-refractivity contribution in [1.82, 2.24) is 10.3 Å². The number of sulfone groups is 1. The number of hydrogen-bond donors (Lipinski definition) is 6. The summed E-state index contributed by atoms with van der Waals surface area (Å²) in [6, 6.07) is 7.19. The molecule has 14 nitrogen and oxygen atoms in total. The lowest BCUT2D eigenvalue weighted by molar-refractivity contribution is -0.114. The molecule has 1 aromatic carbocycles. The fourth-order valence-electron chi connectivity index (χ4n) is 2.53. The number of aliphatic imine (C=N–C) groups is 1. The van der Waals surface area contributed by atoms with E-state index in [-0.39, 0.29) is 23.3 Å². The second-order valence-electron chi connectivity index (χ2n) is 7.08. The van der Waals surface area contributed by atoms with Gasteiger partial charge in [-0.25, -0.2) is 23.0 Å². The van der Waals surface area contributed by atoms with Gasteiger partial charge in [0, 0.05) is 25.4 Å². The smallest absolute Gasteiger partial charge is 0.432 e. The Hall–Kier alpha value is -4.05. The Balaban J connectivity index is 0.00000150. The van der Waals surface area contributed by atoms with Crippen molar-refractivity contribution in [2.24, 2.45) is 10.7 Å². The summed E-state index contributed by atoms with van der Waals surface area (Å²) in [5, 5.41) is 23.8. The summed E-state index contributed by atoms with van der Waals surface area (Å²) < 4.78 is 22.5. The topological polar surface area (TPSA) is 230 Å². The molecule has 0 fully saturated rings. The Morgan fingerprint density at radius 1 is 1.14 bits per heavy atom. The Morgan fingerprint density at radius 2 is 1.75 bits per heavy atom. The van der Waals surface area contributed by atoms with Gasteiger partial charge in [-0.15, -0.1) is 0 Å². The van der Waals surface area contributed by atoms with Crippen molar-refractivity contribution in [3.63, 3.8) is 0 Å². The third-order valence-electron chi connectivity index (χ3n) is 3.96. The molecule has 0 saturated carbocycles. The lowest BCUT2D eigenvalue weighted by Gasteiger charge is -2.06. The van der Waals surface area contributed by atoms with Crippen molar-refractivity contribution < 1.29 is 37.8 Å². The Kier molecular flexibility index (Phi) is 12.0. The van der Waals surface area contributed by atoms with Gasteiger partial charge in [-0.3, -0.25) is 9.59 Å². The number of benzene rings is 1. The normalized spacial score (nSPS) is 10.7. The van der Waals surface area contributed by atoms with Gasteiger partial charge in [-0.05, 0) is 30.5 Å². The van der Waals surface area contributed by atoms with Gasteiger partial charge in [0.15, 0.2) is 5.13 Å². The van der Waals surface area contributed by atoms with Crippen LogP contribution in [0.2, 0.25) is 0 Å². The Morgan fingerprint density at radius 3 is 2.28 bits per heavy atom. The largest absolute Gasteiger partial charge is 0.465 e. The molecule has 4 amide bonds. The molecule has 1 aromatic heterocycles. The molecule has 16 heteroatoms. The van der Waals surface area contributed by atoms with Crippen LogP contribution in [0.5, 0.6) is 0 Å². The Bertz CT molecular complexity index is 1210. The zero-order valence-corrected chi connectivity index (χ0v) is 21.0. The molecule has 0 radical (unpaired) electrons. The second kappa shape index (κ2) is 14.4. The summed E-state index contributed by atoms with van der Waals surface area (Å²) in [5.74, 6) is -0.943. The van der Waals surface area contributed by atoms with E-state index < -0.39 is 27.9 Å². The van der Waals surface area contributed by atoms with E-state index in [1.54, 1.807) is 12.1 Å². The van der Waals surface area contributed by atoms with Crippen LogP contribution in [-0.4, -0.2) is 72.5 Å². The standard InChI is InChI=1S/C19H23N5O6S2.CH3NO2/c1-12(25)23-18-24-15(16(31-18)17(26)20-9-10-32(2,29)30)8-5-13-3-6-14(7-4-13)21-11-22-19(27)28;2-1(3)4/h3-4,6-7,11H,5,8-10H2,1-2H3,(H,20,26)(H,21,22)(H,27,28)(H,23,24,25);2H2,(H,3,4). The fourth-order valence-corrected chi connectivity index (χ4v) is 3.97. The maximum Gasteiger partial charge on any atom is 0.432 e. The molecule has 1 heterocycles. The molecule has 0 aliphatic rings. The van der Waals surface area contributed by atoms with Gasteiger partial charge >= 0.3 is 12.2 Å². The maximum absolute atomic E-state index is 12.5. The van der Waals surface area contributed by atoms with Crippen LogP contribution in [0.25, 0.3) is 0 Å². The molecule has 2 aromatic rings. The zero-order valence-electron chi connectivity index (χ0n) is 19.3. The average Bonchev–Trinajstić information content (AvgIpc) is 3.13. The van der Waals surface area contributed by atoms with E-state index >= 15 is 0 Å². The van der Waals surface area contributed by atoms with Crippen molar-refractivity contribution in [2.75, 3.05) is 29.2 Å². The molecule has 36 heavy (non-hydrogen) atoms. The SMILES string of the molecule is CC(=O)Nc1nc(CCc2ccc(NC=NC(=O)O)cc2)c(C(=O)NCCS(C)(=O)=O)s1.NC(=O)O. The minimum atomic E-state index is -3.21. The highest BCUT2D eigenvalue weighted by Crippen LogP contribution is 2.24. The van der Waals surface area contributed by atoms with E-state index in [1.807, 2.05) is 12.1 Å². The van der Waals surface area contributed by atoms with E-state index in [0.29, 0.717) is 29.1 Å². The third-order valence-corrected chi connectivity index (χ3v) is 5.91. The molecule has 7 N–H and O–H groups in total. The Labute approximate surface area is 210 Å². The highest BCUT2D eigenvalue weighted by molar-refractivity contribution is 7.90. The molecule has 2 rings (SSSR count). The van der Waals surface area contributed by atoms with Crippen molar-refractivity contribution in [1.29, 1.82) is 0 Å². The first-order chi connectivity index (χ1) is 16.8. The third kappa shape index (κ3) is 13.0. The molecule has 0 bridgehead atoms. The van der Waals surface area contributed by atoms with Crippen molar-refractivity contribution in [3.8, 4) is 0 Å². The van der Waals surface area contributed by atoms with Crippen LogP contribution >= 0.6 is 11.3 Å². The van der Waals surface area contributed by atoms with Crippen LogP contribution < -0.4 is 21.7 Å². The summed E-state index contributed by atoms with van der Waals surface area (Å²) in [6.45, 7) is 1.31. The first kappa shape index (κ1) is 30.0. The summed E-state index contributed by atoms with van der Waals surface area (Å²) >= 11 is 1.03. The molecule has 0 aliphatic heterocycles. The number of aryl methyl sites for hydroxylation is 2. The number of hydrogen-bond acceptors (Lipinski definition) is 8. The molecule has 0 unspecified atom stereocenters. The fraction of sp³-hybridized carbons (Fsp3) is 0.300. The van der Waals surface area contributed by atoms with Crippen LogP contribution in [0.15, 0.2) is 29.3 Å². The number of nitrogens with zero attached hydrogens (tertiary/aromatic N) is 2. The quantitative estimate of drug-likeness (QED) is 0.187. The number of nitrogens with one attached hydrogen (secondary N) is 3. The van der Waals surface area contributed by atoms with Gasteiger partial charge in [0.1, 0.15) is 14.7 Å². The van der Waals surface area contributed by atoms with Crippen molar-refractivity contribution in [3.05, 3.63) is 40.4 Å². The molecule has 196 valence electrons. The van der Waals surface area contributed by atoms with Crippen molar-refractivity contribution >= 4 is 62.3 Å². The zero-order chi connectivity index (χ0) is 27.3. The van der Waals surface area contributed by atoms with E-state index in [1.165, 1.54) is 6.92 Å². The van der Waals surface area contributed by atoms with Gasteiger partial charge < -0.3 is 31.9 Å². The van der Waals surface area contributed by atoms with Gasteiger partial charge in [0.25, 0.3) is 5.91 Å². The molecular formula is C20H26N6O8S2. The number of rotatable bonds is 10. The maximum atomic E-state index is 12.5. The average molecular weight is 543 g/mol.